The van der Waals surface area contributed by atoms with Crippen LogP contribution in [0.5, 0.6) is 0 Å². The highest BCUT2D eigenvalue weighted by atomic mass is 32.2. The molecule has 1 aromatic heterocycles. The summed E-state index contributed by atoms with van der Waals surface area (Å²) in [6.45, 7) is -0.585. The van der Waals surface area contributed by atoms with E-state index in [0.29, 0.717) is 16.1 Å². The summed E-state index contributed by atoms with van der Waals surface area (Å²) in [4.78, 5) is 15.8. The Kier molecular flexibility index (Phi) is 4.89. The van der Waals surface area contributed by atoms with Gasteiger partial charge < -0.3 is 5.32 Å². The SMILES string of the molecule is CS(=O)(=O)N(CC(=O)Nc1cccnc1)c1ccc(F)c(F)c1. The van der Waals surface area contributed by atoms with Crippen LogP contribution in [0.25, 0.3) is 0 Å². The minimum absolute atomic E-state index is 0.146. The molecule has 0 unspecified atom stereocenters. The average molecular weight is 341 g/mol. The van der Waals surface area contributed by atoms with Gasteiger partial charge in [-0.3, -0.25) is 14.1 Å². The van der Waals surface area contributed by atoms with Gasteiger partial charge in [0, 0.05) is 12.3 Å². The van der Waals surface area contributed by atoms with Gasteiger partial charge in [0.2, 0.25) is 15.9 Å². The summed E-state index contributed by atoms with van der Waals surface area (Å²) in [7, 11) is -3.87. The van der Waals surface area contributed by atoms with Crippen LogP contribution in [-0.2, 0) is 14.8 Å². The van der Waals surface area contributed by atoms with E-state index in [9.17, 15) is 22.0 Å². The summed E-state index contributed by atoms with van der Waals surface area (Å²) in [6, 6.07) is 5.76. The molecule has 2 rings (SSSR count). The summed E-state index contributed by atoms with van der Waals surface area (Å²) >= 11 is 0. The number of carbonyl (C=O) groups excluding carboxylic acids is 1. The van der Waals surface area contributed by atoms with Crippen LogP contribution in [0.15, 0.2) is 42.7 Å². The lowest BCUT2D eigenvalue weighted by atomic mass is 10.3. The van der Waals surface area contributed by atoms with Gasteiger partial charge in [0.25, 0.3) is 0 Å². The second-order valence-electron chi connectivity index (χ2n) is 4.66. The first-order chi connectivity index (χ1) is 10.8. The van der Waals surface area contributed by atoms with Crippen LogP contribution in [-0.4, -0.2) is 32.1 Å². The van der Waals surface area contributed by atoms with Crippen molar-refractivity contribution in [3.05, 3.63) is 54.4 Å². The van der Waals surface area contributed by atoms with Gasteiger partial charge in [0.1, 0.15) is 6.54 Å². The molecular weight excluding hydrogens is 328 g/mol. The maximum atomic E-state index is 13.3. The van der Waals surface area contributed by atoms with Crippen molar-refractivity contribution in [2.75, 3.05) is 22.4 Å². The zero-order valence-corrected chi connectivity index (χ0v) is 12.8. The molecule has 1 heterocycles. The Bertz CT molecular complexity index is 813. The van der Waals surface area contributed by atoms with Crippen molar-refractivity contribution in [2.24, 2.45) is 0 Å². The fourth-order valence-electron chi connectivity index (χ4n) is 1.81. The van der Waals surface area contributed by atoms with E-state index in [1.165, 1.54) is 12.4 Å². The first kappa shape index (κ1) is 16.8. The second kappa shape index (κ2) is 6.69. The second-order valence-corrected chi connectivity index (χ2v) is 6.56. The maximum absolute atomic E-state index is 13.3. The van der Waals surface area contributed by atoms with Crippen LogP contribution in [0, 0.1) is 11.6 Å². The van der Waals surface area contributed by atoms with E-state index in [-0.39, 0.29) is 5.69 Å². The number of carbonyl (C=O) groups is 1. The Morgan fingerprint density at radius 1 is 1.26 bits per heavy atom. The Labute approximate surface area is 131 Å². The molecule has 0 fully saturated rings. The molecule has 122 valence electrons. The van der Waals surface area contributed by atoms with Crippen molar-refractivity contribution in [3.63, 3.8) is 0 Å². The van der Waals surface area contributed by atoms with Crippen molar-refractivity contribution < 1.29 is 22.0 Å². The summed E-state index contributed by atoms with van der Waals surface area (Å²) < 4.78 is 50.6. The molecule has 1 N–H and O–H groups in total. The lowest BCUT2D eigenvalue weighted by Gasteiger charge is -2.22. The largest absolute Gasteiger partial charge is 0.323 e. The summed E-state index contributed by atoms with van der Waals surface area (Å²) in [5, 5.41) is 2.46. The van der Waals surface area contributed by atoms with Crippen LogP contribution in [0.1, 0.15) is 0 Å². The molecular formula is C14H13F2N3O3S. The molecule has 0 bridgehead atoms. The van der Waals surface area contributed by atoms with Crippen LogP contribution in [0.4, 0.5) is 20.2 Å². The highest BCUT2D eigenvalue weighted by molar-refractivity contribution is 7.92. The number of halogens is 2. The highest BCUT2D eigenvalue weighted by Crippen LogP contribution is 2.20. The number of aromatic nitrogens is 1. The quantitative estimate of drug-likeness (QED) is 0.899. The Morgan fingerprint density at radius 2 is 2.00 bits per heavy atom. The molecule has 0 saturated carbocycles. The van der Waals surface area contributed by atoms with Crippen molar-refractivity contribution in [2.45, 2.75) is 0 Å². The van der Waals surface area contributed by atoms with Crippen LogP contribution in [0.3, 0.4) is 0 Å². The van der Waals surface area contributed by atoms with E-state index < -0.39 is 34.1 Å². The molecule has 0 saturated heterocycles. The highest BCUT2D eigenvalue weighted by Gasteiger charge is 2.22. The summed E-state index contributed by atoms with van der Waals surface area (Å²) in [6.07, 6.45) is 3.77. The lowest BCUT2D eigenvalue weighted by Crippen LogP contribution is -2.37. The number of hydrogen-bond donors (Lipinski definition) is 1. The summed E-state index contributed by atoms with van der Waals surface area (Å²) in [5.74, 6) is -2.96. The normalized spacial score (nSPS) is 11.1. The lowest BCUT2D eigenvalue weighted by molar-refractivity contribution is -0.114. The van der Waals surface area contributed by atoms with Gasteiger partial charge in [0.05, 0.1) is 23.8 Å². The number of sulfonamides is 1. The van der Waals surface area contributed by atoms with Gasteiger partial charge in [0.15, 0.2) is 11.6 Å². The molecule has 0 spiro atoms. The number of hydrogen-bond acceptors (Lipinski definition) is 4. The van der Waals surface area contributed by atoms with Gasteiger partial charge in [-0.2, -0.15) is 0 Å². The standard InChI is InChI=1S/C14H13F2N3O3S/c1-23(21,22)19(11-4-5-12(15)13(16)7-11)9-14(20)18-10-3-2-6-17-8-10/h2-8H,9H2,1H3,(H,18,20). The molecule has 1 amide bonds. The molecule has 1 aromatic carbocycles. The van der Waals surface area contributed by atoms with E-state index in [0.717, 1.165) is 18.4 Å². The fourth-order valence-corrected chi connectivity index (χ4v) is 2.66. The molecule has 0 aliphatic heterocycles. The number of rotatable bonds is 5. The number of benzene rings is 1. The Balaban J connectivity index is 2.23. The fraction of sp³-hybridized carbons (Fsp3) is 0.143. The molecule has 0 aliphatic rings. The number of amides is 1. The minimum Gasteiger partial charge on any atom is -0.323 e. The molecule has 0 radical (unpaired) electrons. The molecule has 0 aliphatic carbocycles. The molecule has 2 aromatic rings. The zero-order chi connectivity index (χ0) is 17.0. The first-order valence-corrected chi connectivity index (χ1v) is 8.25. The third-order valence-electron chi connectivity index (χ3n) is 2.82. The van der Waals surface area contributed by atoms with Gasteiger partial charge >= 0.3 is 0 Å². The van der Waals surface area contributed by atoms with E-state index in [4.69, 9.17) is 0 Å². The predicted molar refractivity (Wildman–Crippen MR) is 81.4 cm³/mol. The first-order valence-electron chi connectivity index (χ1n) is 6.40. The van der Waals surface area contributed by atoms with E-state index in [2.05, 4.69) is 10.3 Å². The van der Waals surface area contributed by atoms with E-state index in [1.807, 2.05) is 0 Å². The number of anilines is 2. The number of pyridine rings is 1. The topological polar surface area (TPSA) is 79.4 Å². The maximum Gasteiger partial charge on any atom is 0.245 e. The number of nitrogens with one attached hydrogen (secondary N) is 1. The zero-order valence-electron chi connectivity index (χ0n) is 12.0. The number of nitrogens with zero attached hydrogens (tertiary/aromatic N) is 2. The van der Waals surface area contributed by atoms with E-state index >= 15 is 0 Å². The molecule has 9 heteroatoms. The van der Waals surface area contributed by atoms with Crippen molar-refractivity contribution in [1.82, 2.24) is 4.98 Å². The molecule has 6 nitrogen and oxygen atoms in total. The predicted octanol–water partition coefficient (Wildman–Crippen LogP) is 1.76. The van der Waals surface area contributed by atoms with Crippen molar-refractivity contribution >= 4 is 27.3 Å². The molecule has 0 atom stereocenters. The van der Waals surface area contributed by atoms with Crippen LogP contribution in [0.2, 0.25) is 0 Å². The smallest absolute Gasteiger partial charge is 0.245 e. The third-order valence-corrected chi connectivity index (χ3v) is 3.96. The van der Waals surface area contributed by atoms with Crippen LogP contribution < -0.4 is 9.62 Å². The Hall–Kier alpha value is -2.55. The monoisotopic (exact) mass is 341 g/mol. The van der Waals surface area contributed by atoms with Crippen molar-refractivity contribution in [3.8, 4) is 0 Å². The average Bonchev–Trinajstić information content (AvgIpc) is 2.48. The third kappa shape index (κ3) is 4.46. The van der Waals surface area contributed by atoms with Gasteiger partial charge in [-0.25, -0.2) is 17.2 Å². The molecule has 23 heavy (non-hydrogen) atoms. The van der Waals surface area contributed by atoms with Gasteiger partial charge in [-0.1, -0.05) is 0 Å². The van der Waals surface area contributed by atoms with E-state index in [1.54, 1.807) is 12.1 Å². The summed E-state index contributed by atoms with van der Waals surface area (Å²) in [5.41, 5.74) is 0.240. The minimum atomic E-state index is -3.87. The van der Waals surface area contributed by atoms with Crippen LogP contribution >= 0.6 is 0 Å². The van der Waals surface area contributed by atoms with Gasteiger partial charge in [-0.05, 0) is 24.3 Å². The van der Waals surface area contributed by atoms with Gasteiger partial charge in [-0.15, -0.1) is 0 Å². The Morgan fingerprint density at radius 3 is 2.57 bits per heavy atom. The van der Waals surface area contributed by atoms with Crippen molar-refractivity contribution in [1.29, 1.82) is 0 Å².